The third kappa shape index (κ3) is 4.16. The molecule has 0 amide bonds. The summed E-state index contributed by atoms with van der Waals surface area (Å²) in [5.41, 5.74) is 5.56. The molecular formula is C10H19N3O2S2. The van der Waals surface area contributed by atoms with Crippen LogP contribution in [0.2, 0.25) is 0 Å². The summed E-state index contributed by atoms with van der Waals surface area (Å²) in [7, 11) is -3.31. The van der Waals surface area contributed by atoms with Gasteiger partial charge in [0.1, 0.15) is 9.90 Å². The summed E-state index contributed by atoms with van der Waals surface area (Å²) >= 11 is 1.10. The zero-order chi connectivity index (χ0) is 12.9. The number of anilines is 2. The third-order valence-electron chi connectivity index (χ3n) is 2.36. The highest BCUT2D eigenvalue weighted by atomic mass is 32.2. The highest BCUT2D eigenvalue weighted by Gasteiger charge is 2.20. The van der Waals surface area contributed by atoms with Crippen LogP contribution in [0.15, 0.2) is 4.90 Å². The fourth-order valence-electron chi connectivity index (χ4n) is 1.52. The molecule has 0 saturated heterocycles. The Balaban J connectivity index is 2.60. The molecule has 1 aromatic rings. The summed E-state index contributed by atoms with van der Waals surface area (Å²) in [6.07, 6.45) is 5.70. The number of unbranched alkanes of at least 4 members (excludes halogenated alkanes) is 3. The van der Waals surface area contributed by atoms with Crippen molar-refractivity contribution in [3.05, 3.63) is 0 Å². The second kappa shape index (κ2) is 6.20. The van der Waals surface area contributed by atoms with Crippen molar-refractivity contribution < 1.29 is 8.42 Å². The summed E-state index contributed by atoms with van der Waals surface area (Å²) in [6.45, 7) is 2.91. The van der Waals surface area contributed by atoms with Crippen LogP contribution in [0, 0.1) is 0 Å². The molecule has 0 spiro atoms. The second-order valence-electron chi connectivity index (χ2n) is 3.99. The van der Waals surface area contributed by atoms with Gasteiger partial charge in [-0.3, -0.25) is 0 Å². The van der Waals surface area contributed by atoms with E-state index in [1.54, 1.807) is 0 Å². The maximum absolute atomic E-state index is 11.5. The molecule has 0 aliphatic rings. The summed E-state index contributed by atoms with van der Waals surface area (Å²) in [4.78, 5) is 0.137. The van der Waals surface area contributed by atoms with Crippen LogP contribution in [-0.2, 0) is 9.84 Å². The van der Waals surface area contributed by atoms with Gasteiger partial charge in [-0.15, -0.1) is 0 Å². The molecular weight excluding hydrogens is 258 g/mol. The van der Waals surface area contributed by atoms with Crippen molar-refractivity contribution in [1.29, 1.82) is 0 Å². The Kier molecular flexibility index (Phi) is 5.20. The molecule has 0 unspecified atom stereocenters. The van der Waals surface area contributed by atoms with Crippen molar-refractivity contribution in [3.63, 3.8) is 0 Å². The van der Waals surface area contributed by atoms with E-state index in [-0.39, 0.29) is 10.7 Å². The van der Waals surface area contributed by atoms with Crippen molar-refractivity contribution >= 4 is 32.2 Å². The van der Waals surface area contributed by atoms with Gasteiger partial charge in [0, 0.05) is 12.8 Å². The smallest absolute Gasteiger partial charge is 0.182 e. The van der Waals surface area contributed by atoms with Gasteiger partial charge in [-0.2, -0.15) is 4.37 Å². The minimum Gasteiger partial charge on any atom is -0.382 e. The summed E-state index contributed by atoms with van der Waals surface area (Å²) < 4.78 is 26.9. The van der Waals surface area contributed by atoms with Gasteiger partial charge in [-0.1, -0.05) is 26.2 Å². The Hall–Kier alpha value is -0.820. The van der Waals surface area contributed by atoms with Gasteiger partial charge in [0.2, 0.25) is 0 Å². The maximum Gasteiger partial charge on any atom is 0.182 e. The van der Waals surface area contributed by atoms with E-state index < -0.39 is 9.84 Å². The van der Waals surface area contributed by atoms with Gasteiger partial charge >= 0.3 is 0 Å². The van der Waals surface area contributed by atoms with E-state index in [1.165, 1.54) is 12.8 Å². The minimum absolute atomic E-state index is 0.0913. The van der Waals surface area contributed by atoms with Gasteiger partial charge in [0.25, 0.3) is 0 Å². The van der Waals surface area contributed by atoms with Crippen LogP contribution in [0.1, 0.15) is 32.6 Å². The monoisotopic (exact) mass is 277 g/mol. The first-order valence-corrected chi connectivity index (χ1v) is 8.32. The van der Waals surface area contributed by atoms with Crippen molar-refractivity contribution in [3.8, 4) is 0 Å². The lowest BCUT2D eigenvalue weighted by molar-refractivity contribution is 0.602. The molecule has 0 bridgehead atoms. The highest BCUT2D eigenvalue weighted by molar-refractivity contribution is 7.91. The van der Waals surface area contributed by atoms with E-state index in [1.807, 2.05) is 0 Å². The molecule has 98 valence electrons. The standard InChI is InChI=1S/C10H19N3O2S2/c1-3-4-5-6-7-12-10-8(17(2,14)15)9(11)13-16-10/h12H,3-7H2,1-2H3,(H2,11,13). The number of nitrogens with two attached hydrogens (primary N) is 1. The van der Waals surface area contributed by atoms with Crippen LogP contribution in [0.3, 0.4) is 0 Å². The number of nitrogen functional groups attached to an aromatic ring is 1. The topological polar surface area (TPSA) is 85.1 Å². The minimum atomic E-state index is -3.31. The molecule has 5 nitrogen and oxygen atoms in total. The fourth-order valence-corrected chi connectivity index (χ4v) is 3.61. The van der Waals surface area contributed by atoms with E-state index in [2.05, 4.69) is 16.6 Å². The highest BCUT2D eigenvalue weighted by Crippen LogP contribution is 2.31. The van der Waals surface area contributed by atoms with Crippen molar-refractivity contribution in [2.45, 2.75) is 37.5 Å². The molecule has 7 heteroatoms. The van der Waals surface area contributed by atoms with Crippen molar-refractivity contribution in [1.82, 2.24) is 4.37 Å². The lowest BCUT2D eigenvalue weighted by Crippen LogP contribution is -2.06. The van der Waals surface area contributed by atoms with E-state index in [9.17, 15) is 8.42 Å². The van der Waals surface area contributed by atoms with E-state index in [4.69, 9.17) is 5.73 Å². The van der Waals surface area contributed by atoms with Gasteiger partial charge < -0.3 is 11.1 Å². The Labute approximate surface area is 107 Å². The number of hydrogen-bond donors (Lipinski definition) is 2. The molecule has 17 heavy (non-hydrogen) atoms. The van der Waals surface area contributed by atoms with Crippen LogP contribution in [0.4, 0.5) is 10.8 Å². The molecule has 0 aliphatic carbocycles. The van der Waals surface area contributed by atoms with Gasteiger partial charge in [-0.25, -0.2) is 8.42 Å². The van der Waals surface area contributed by atoms with Crippen LogP contribution in [0.25, 0.3) is 0 Å². The number of hydrogen-bond acceptors (Lipinski definition) is 6. The third-order valence-corrected chi connectivity index (χ3v) is 4.46. The average molecular weight is 277 g/mol. The van der Waals surface area contributed by atoms with Crippen LogP contribution in [0.5, 0.6) is 0 Å². The Morgan fingerprint density at radius 2 is 2.06 bits per heavy atom. The number of rotatable bonds is 7. The van der Waals surface area contributed by atoms with Crippen molar-refractivity contribution in [2.75, 3.05) is 23.9 Å². The molecule has 0 fully saturated rings. The van der Waals surface area contributed by atoms with Crippen molar-refractivity contribution in [2.24, 2.45) is 0 Å². The number of sulfone groups is 1. The van der Waals surface area contributed by atoms with Crippen LogP contribution >= 0.6 is 11.5 Å². The van der Waals surface area contributed by atoms with Crippen LogP contribution < -0.4 is 11.1 Å². The van der Waals surface area contributed by atoms with Crippen LogP contribution in [-0.4, -0.2) is 25.6 Å². The largest absolute Gasteiger partial charge is 0.382 e. The molecule has 0 radical (unpaired) electrons. The van der Waals surface area contributed by atoms with E-state index in [0.29, 0.717) is 5.00 Å². The van der Waals surface area contributed by atoms with E-state index in [0.717, 1.165) is 37.2 Å². The first kappa shape index (κ1) is 14.2. The SMILES string of the molecule is CCCCCCNc1snc(N)c1S(C)(=O)=O. The molecule has 1 rings (SSSR count). The molecule has 0 aliphatic heterocycles. The van der Waals surface area contributed by atoms with Gasteiger partial charge in [0.05, 0.1) is 0 Å². The normalized spacial score (nSPS) is 11.6. The summed E-state index contributed by atoms with van der Waals surface area (Å²) in [5.74, 6) is 0.0913. The fraction of sp³-hybridized carbons (Fsp3) is 0.700. The number of nitrogens with one attached hydrogen (secondary N) is 1. The lowest BCUT2D eigenvalue weighted by atomic mass is 10.2. The zero-order valence-electron chi connectivity index (χ0n) is 10.2. The molecule has 0 atom stereocenters. The molecule has 0 saturated carbocycles. The predicted molar refractivity (Wildman–Crippen MR) is 72.3 cm³/mol. The quantitative estimate of drug-likeness (QED) is 0.746. The van der Waals surface area contributed by atoms with Gasteiger partial charge in [0.15, 0.2) is 15.7 Å². The molecule has 1 aromatic heterocycles. The first-order valence-electron chi connectivity index (χ1n) is 5.66. The summed E-state index contributed by atoms with van der Waals surface area (Å²) in [6, 6.07) is 0. The zero-order valence-corrected chi connectivity index (χ0v) is 11.8. The molecule has 3 N–H and O–H groups in total. The van der Waals surface area contributed by atoms with E-state index >= 15 is 0 Å². The predicted octanol–water partition coefficient (Wildman–Crippen LogP) is 2.12. The second-order valence-corrected chi connectivity index (χ2v) is 6.71. The Bertz CT molecular complexity index is 454. The first-order chi connectivity index (χ1) is 7.96. The average Bonchev–Trinajstić information content (AvgIpc) is 2.59. The van der Waals surface area contributed by atoms with Gasteiger partial charge in [-0.05, 0) is 18.0 Å². The molecule has 1 heterocycles. The maximum atomic E-state index is 11.5. The summed E-state index contributed by atoms with van der Waals surface area (Å²) in [5, 5.41) is 3.65. The molecule has 0 aromatic carbocycles. The lowest BCUT2D eigenvalue weighted by Gasteiger charge is -2.05. The number of nitrogens with zero attached hydrogens (tertiary/aromatic N) is 1. The Morgan fingerprint density at radius 3 is 2.65 bits per heavy atom. The Morgan fingerprint density at radius 1 is 1.35 bits per heavy atom. The number of aromatic nitrogens is 1.